The first-order chi connectivity index (χ1) is 17.9. The van der Waals surface area contributed by atoms with Crippen LogP contribution in [-0.2, 0) is 6.54 Å². The molecule has 4 N–H and O–H groups in total. The summed E-state index contributed by atoms with van der Waals surface area (Å²) in [6, 6.07) is 19.3. The Bertz CT molecular complexity index is 1480. The van der Waals surface area contributed by atoms with E-state index in [1.165, 1.54) is 6.07 Å². The van der Waals surface area contributed by atoms with E-state index in [2.05, 4.69) is 32.2 Å². The lowest BCUT2D eigenvalue weighted by Gasteiger charge is -2.13. The monoisotopic (exact) mass is 498 g/mol. The number of anilines is 3. The van der Waals surface area contributed by atoms with E-state index in [0.29, 0.717) is 40.7 Å². The van der Waals surface area contributed by atoms with E-state index in [9.17, 15) is 13.6 Å². The highest BCUT2D eigenvalue weighted by atomic mass is 19.1. The van der Waals surface area contributed by atoms with Gasteiger partial charge < -0.3 is 16.4 Å². The summed E-state index contributed by atoms with van der Waals surface area (Å²) < 4.78 is 28.0. The molecule has 4 rings (SSSR count). The predicted molar refractivity (Wildman–Crippen MR) is 142 cm³/mol. The minimum absolute atomic E-state index is 0.337. The highest BCUT2D eigenvalue weighted by Gasteiger charge is 2.18. The van der Waals surface area contributed by atoms with Gasteiger partial charge in [-0.1, -0.05) is 36.9 Å². The van der Waals surface area contributed by atoms with Crippen LogP contribution < -0.4 is 16.4 Å². The normalized spacial score (nSPS) is 11.2. The zero-order valence-corrected chi connectivity index (χ0v) is 20.0. The number of nitrogens with two attached hydrogens (primary N) is 1. The molecule has 9 heteroatoms. The SMILES string of the molecule is C=C(C(=NC)c1cccc(NC(=O)c2c(F)cccc2F)c1)c1ccnc(Nc2cccc(CN)c2)n1. The molecule has 0 aliphatic carbocycles. The van der Waals surface area contributed by atoms with Crippen LogP contribution in [0.3, 0.4) is 0 Å². The molecule has 0 radical (unpaired) electrons. The summed E-state index contributed by atoms with van der Waals surface area (Å²) in [5, 5.41) is 5.69. The highest BCUT2D eigenvalue weighted by Crippen LogP contribution is 2.23. The van der Waals surface area contributed by atoms with Gasteiger partial charge in [-0.05, 0) is 48.0 Å². The number of allylic oxidation sites excluding steroid dienone is 1. The Morgan fingerprint density at radius 2 is 1.70 bits per heavy atom. The van der Waals surface area contributed by atoms with Gasteiger partial charge in [-0.2, -0.15) is 0 Å². The molecule has 7 nitrogen and oxygen atoms in total. The molecule has 1 amide bonds. The Kier molecular flexibility index (Phi) is 7.75. The fourth-order valence-corrected chi connectivity index (χ4v) is 3.70. The summed E-state index contributed by atoms with van der Waals surface area (Å²) in [4.78, 5) is 25.7. The maximum Gasteiger partial charge on any atom is 0.261 e. The fourth-order valence-electron chi connectivity index (χ4n) is 3.70. The maximum atomic E-state index is 14.0. The third-order valence-corrected chi connectivity index (χ3v) is 5.48. The molecule has 0 bridgehead atoms. The second-order valence-electron chi connectivity index (χ2n) is 7.98. The number of amides is 1. The largest absolute Gasteiger partial charge is 0.326 e. The van der Waals surface area contributed by atoms with Gasteiger partial charge in [0.2, 0.25) is 5.95 Å². The molecule has 0 saturated heterocycles. The van der Waals surface area contributed by atoms with Gasteiger partial charge in [0.25, 0.3) is 5.91 Å². The topological polar surface area (TPSA) is 105 Å². The molecule has 1 heterocycles. The van der Waals surface area contributed by atoms with Crippen molar-refractivity contribution >= 4 is 34.5 Å². The average molecular weight is 499 g/mol. The van der Waals surface area contributed by atoms with Crippen LogP contribution in [0.25, 0.3) is 5.57 Å². The summed E-state index contributed by atoms with van der Waals surface area (Å²) in [7, 11) is 1.61. The summed E-state index contributed by atoms with van der Waals surface area (Å²) in [6.07, 6.45) is 1.61. The minimum atomic E-state index is -0.944. The number of carbonyl (C=O) groups is 1. The van der Waals surface area contributed by atoms with Gasteiger partial charge in [-0.3, -0.25) is 9.79 Å². The van der Waals surface area contributed by atoms with Gasteiger partial charge in [0.05, 0.1) is 11.4 Å². The van der Waals surface area contributed by atoms with E-state index in [1.54, 1.807) is 43.6 Å². The first kappa shape index (κ1) is 25.3. The number of hydrogen-bond donors (Lipinski definition) is 3. The van der Waals surface area contributed by atoms with Crippen molar-refractivity contribution in [3.05, 3.63) is 120 Å². The number of hydrogen-bond acceptors (Lipinski definition) is 6. The molecule has 0 aliphatic heterocycles. The van der Waals surface area contributed by atoms with Crippen molar-refractivity contribution < 1.29 is 13.6 Å². The first-order valence-electron chi connectivity index (χ1n) is 11.3. The second kappa shape index (κ2) is 11.3. The lowest BCUT2D eigenvalue weighted by atomic mass is 10.0. The Morgan fingerprint density at radius 3 is 2.43 bits per heavy atom. The predicted octanol–water partition coefficient (Wildman–Crippen LogP) is 5.34. The van der Waals surface area contributed by atoms with Gasteiger partial charge >= 0.3 is 0 Å². The Hall–Kier alpha value is -4.76. The summed E-state index contributed by atoms with van der Waals surface area (Å²) in [6.45, 7) is 4.57. The van der Waals surface area contributed by atoms with Crippen molar-refractivity contribution in [3.8, 4) is 0 Å². The van der Waals surface area contributed by atoms with E-state index in [0.717, 1.165) is 23.4 Å². The van der Waals surface area contributed by atoms with Crippen LogP contribution >= 0.6 is 0 Å². The van der Waals surface area contributed by atoms with Crippen LogP contribution in [0.2, 0.25) is 0 Å². The van der Waals surface area contributed by atoms with E-state index < -0.39 is 23.1 Å². The number of benzene rings is 3. The number of halogens is 2. The molecule has 37 heavy (non-hydrogen) atoms. The number of rotatable bonds is 8. The van der Waals surface area contributed by atoms with Crippen LogP contribution in [0.5, 0.6) is 0 Å². The lowest BCUT2D eigenvalue weighted by Crippen LogP contribution is -2.16. The number of nitrogens with zero attached hydrogens (tertiary/aromatic N) is 3. The van der Waals surface area contributed by atoms with Gasteiger partial charge in [0.15, 0.2) is 0 Å². The fraction of sp³-hybridized carbons (Fsp3) is 0.0714. The quantitative estimate of drug-likeness (QED) is 0.284. The summed E-state index contributed by atoms with van der Waals surface area (Å²) >= 11 is 0. The van der Waals surface area contributed by atoms with E-state index in [-0.39, 0.29) is 0 Å². The van der Waals surface area contributed by atoms with Gasteiger partial charge in [-0.25, -0.2) is 18.7 Å². The van der Waals surface area contributed by atoms with Gasteiger partial charge in [-0.15, -0.1) is 0 Å². The number of aliphatic imine (C=N–C) groups is 1. The third kappa shape index (κ3) is 5.91. The zero-order chi connectivity index (χ0) is 26.4. The number of nitrogens with one attached hydrogen (secondary N) is 2. The minimum Gasteiger partial charge on any atom is -0.326 e. The summed E-state index contributed by atoms with van der Waals surface area (Å²) in [5.41, 5.74) is 9.37. The number of carbonyl (C=O) groups excluding carboxylic acids is 1. The molecule has 0 fully saturated rings. The van der Waals surface area contributed by atoms with Gasteiger partial charge in [0, 0.05) is 42.3 Å². The molecule has 3 aromatic carbocycles. The van der Waals surface area contributed by atoms with E-state index >= 15 is 0 Å². The van der Waals surface area contributed by atoms with Crippen molar-refractivity contribution in [2.24, 2.45) is 10.7 Å². The molecule has 4 aromatic rings. The molecule has 0 saturated carbocycles. The smallest absolute Gasteiger partial charge is 0.261 e. The molecular formula is C28H24F2N6O. The van der Waals surface area contributed by atoms with E-state index in [1.807, 2.05) is 24.3 Å². The Morgan fingerprint density at radius 1 is 1.00 bits per heavy atom. The molecule has 186 valence electrons. The molecular weight excluding hydrogens is 474 g/mol. The van der Waals surface area contributed by atoms with Crippen molar-refractivity contribution in [1.29, 1.82) is 0 Å². The van der Waals surface area contributed by atoms with E-state index in [4.69, 9.17) is 5.73 Å². The van der Waals surface area contributed by atoms with Crippen LogP contribution in [-0.4, -0.2) is 28.6 Å². The molecule has 0 atom stereocenters. The van der Waals surface area contributed by atoms with Crippen LogP contribution in [0.15, 0.2) is 90.6 Å². The Balaban J connectivity index is 1.55. The Labute approximate surface area is 212 Å². The maximum absolute atomic E-state index is 14.0. The third-order valence-electron chi connectivity index (χ3n) is 5.48. The molecule has 0 spiro atoms. The first-order valence-corrected chi connectivity index (χ1v) is 11.3. The van der Waals surface area contributed by atoms with Gasteiger partial charge in [0.1, 0.15) is 17.2 Å². The van der Waals surface area contributed by atoms with Crippen molar-refractivity contribution in [1.82, 2.24) is 9.97 Å². The van der Waals surface area contributed by atoms with Crippen LogP contribution in [0.4, 0.5) is 26.1 Å². The van der Waals surface area contributed by atoms with Crippen molar-refractivity contribution in [3.63, 3.8) is 0 Å². The zero-order valence-electron chi connectivity index (χ0n) is 20.0. The summed E-state index contributed by atoms with van der Waals surface area (Å²) in [5.74, 6) is -2.41. The van der Waals surface area contributed by atoms with Crippen molar-refractivity contribution in [2.75, 3.05) is 17.7 Å². The average Bonchev–Trinajstić information content (AvgIpc) is 2.89. The van der Waals surface area contributed by atoms with Crippen molar-refractivity contribution in [2.45, 2.75) is 6.54 Å². The highest BCUT2D eigenvalue weighted by molar-refractivity contribution is 6.31. The molecule has 0 aliphatic rings. The standard InChI is InChI=1S/C28H24F2N6O/c1-17(24-12-13-33-28(36-24)35-20-8-3-6-18(14-20)16-31)26(32-2)19-7-4-9-21(15-19)34-27(37)25-22(29)10-5-11-23(25)30/h3-15H,1,16,31H2,2H3,(H,34,37)(H,33,35,36). The molecule has 0 unspecified atom stereocenters. The molecule has 1 aromatic heterocycles. The lowest BCUT2D eigenvalue weighted by molar-refractivity contribution is 0.101. The number of aromatic nitrogens is 2. The van der Waals surface area contributed by atoms with Crippen LogP contribution in [0.1, 0.15) is 27.2 Å². The van der Waals surface area contributed by atoms with Crippen LogP contribution in [0, 0.1) is 11.6 Å². The second-order valence-corrected chi connectivity index (χ2v) is 7.98.